The van der Waals surface area contributed by atoms with Gasteiger partial charge in [0.25, 0.3) is 0 Å². The highest BCUT2D eigenvalue weighted by Gasteiger charge is 1.89. The van der Waals surface area contributed by atoms with Crippen LogP contribution in [0.15, 0.2) is 0 Å². The van der Waals surface area contributed by atoms with Crippen LogP contribution < -0.4 is 5.73 Å². The van der Waals surface area contributed by atoms with Crippen LogP contribution in [0.25, 0.3) is 0 Å². The third kappa shape index (κ3) is 6.31. The van der Waals surface area contributed by atoms with Crippen molar-refractivity contribution in [2.75, 3.05) is 12.0 Å². The second kappa shape index (κ2) is 4.47. The third-order valence-electron chi connectivity index (χ3n) is 0.693. The summed E-state index contributed by atoms with van der Waals surface area (Å²) in [6.45, 7) is 3.64. The molecule has 1 atom stereocenters. The van der Waals surface area contributed by atoms with E-state index in [2.05, 4.69) is 13.2 Å². The van der Waals surface area contributed by atoms with E-state index < -0.39 is 0 Å². The first-order valence-electron chi connectivity index (χ1n) is 2.35. The average Bonchev–Trinajstić information content (AvgIpc) is 1.61. The first-order valence-corrected chi connectivity index (χ1v) is 3.74. The summed E-state index contributed by atoms with van der Waals surface area (Å²) in [5, 5.41) is 0. The maximum Gasteiger partial charge on any atom is 0.00472 e. The van der Waals surface area contributed by atoms with Gasteiger partial charge in [0.1, 0.15) is 0 Å². The molecule has 0 heterocycles. The smallest absolute Gasteiger partial charge is 0.00472 e. The number of hydrogen-bond acceptors (Lipinski definition) is 2. The minimum atomic E-state index is 0.132. The van der Waals surface area contributed by atoms with E-state index >= 15 is 0 Å². The van der Waals surface area contributed by atoms with Crippen LogP contribution in [-0.4, -0.2) is 18.1 Å². The molecule has 0 saturated heterocycles. The fourth-order valence-corrected chi connectivity index (χ4v) is 0.808. The summed E-state index contributed by atoms with van der Waals surface area (Å²) < 4.78 is 0. The van der Waals surface area contributed by atoms with E-state index in [1.807, 2.05) is 11.8 Å². The normalized spacial score (nSPS) is 14.1. The Morgan fingerprint density at radius 2 is 2.43 bits per heavy atom. The lowest BCUT2D eigenvalue weighted by Crippen LogP contribution is -2.15. The van der Waals surface area contributed by atoms with Gasteiger partial charge >= 0.3 is 0 Å². The van der Waals surface area contributed by atoms with Crippen LogP contribution in [0.5, 0.6) is 0 Å². The molecular weight excluding hydrogens is 106 g/mol. The van der Waals surface area contributed by atoms with Crippen molar-refractivity contribution in [1.82, 2.24) is 0 Å². The van der Waals surface area contributed by atoms with Crippen molar-refractivity contribution >= 4 is 11.8 Å². The largest absolute Gasteiger partial charge is 0.328 e. The Bertz CT molecular complexity index is 37.1. The van der Waals surface area contributed by atoms with E-state index in [4.69, 9.17) is 5.73 Å². The van der Waals surface area contributed by atoms with Crippen molar-refractivity contribution in [3.8, 4) is 0 Å². The number of nitrogens with two attached hydrogens (primary N) is 1. The van der Waals surface area contributed by atoms with Gasteiger partial charge in [-0.15, -0.1) is 0 Å². The molecule has 0 saturated carbocycles. The van der Waals surface area contributed by atoms with Crippen molar-refractivity contribution in [3.05, 3.63) is 6.92 Å². The van der Waals surface area contributed by atoms with Gasteiger partial charge in [0.15, 0.2) is 0 Å². The van der Waals surface area contributed by atoms with Crippen LogP contribution in [0.2, 0.25) is 0 Å². The Hall–Kier alpha value is 0.310. The van der Waals surface area contributed by atoms with E-state index in [1.165, 1.54) is 0 Å². The molecule has 0 bridgehead atoms. The molecule has 0 aromatic rings. The highest BCUT2D eigenvalue weighted by atomic mass is 32.2. The van der Waals surface area contributed by atoms with E-state index in [0.717, 1.165) is 12.2 Å². The molecule has 7 heavy (non-hydrogen) atoms. The zero-order valence-electron chi connectivity index (χ0n) is 4.68. The molecule has 43 valence electrons. The number of hydrogen-bond donors (Lipinski definition) is 1. The zero-order valence-corrected chi connectivity index (χ0v) is 5.50. The molecule has 0 aliphatic heterocycles. The molecule has 1 radical (unpaired) electrons. The quantitative estimate of drug-likeness (QED) is 0.596. The summed E-state index contributed by atoms with van der Waals surface area (Å²) in [6.07, 6.45) is 3.10. The molecule has 0 amide bonds. The minimum absolute atomic E-state index is 0.132. The Morgan fingerprint density at radius 3 is 2.57 bits per heavy atom. The maximum atomic E-state index is 5.35. The Morgan fingerprint density at radius 1 is 1.86 bits per heavy atom. The molecule has 1 nitrogen and oxygen atoms in total. The van der Waals surface area contributed by atoms with Gasteiger partial charge < -0.3 is 5.73 Å². The summed E-state index contributed by atoms with van der Waals surface area (Å²) in [5.74, 6) is 1.13. The average molecular weight is 118 g/mol. The standard InChI is InChI=1S/C5H12NS/c1-5(6)3-4-7-2/h5H,1,3-4,6H2,2H3/t5-/m0/s1. The molecule has 0 aliphatic carbocycles. The topological polar surface area (TPSA) is 26.0 Å². The lowest BCUT2D eigenvalue weighted by molar-refractivity contribution is 0.787. The first-order chi connectivity index (χ1) is 3.27. The van der Waals surface area contributed by atoms with E-state index in [9.17, 15) is 0 Å². The van der Waals surface area contributed by atoms with Gasteiger partial charge in [0.2, 0.25) is 0 Å². The third-order valence-corrected chi connectivity index (χ3v) is 1.34. The zero-order chi connectivity index (χ0) is 5.70. The van der Waals surface area contributed by atoms with Crippen LogP contribution in [0.3, 0.4) is 0 Å². The second-order valence-electron chi connectivity index (χ2n) is 1.54. The van der Waals surface area contributed by atoms with Gasteiger partial charge in [0.05, 0.1) is 0 Å². The molecule has 0 aromatic heterocycles. The van der Waals surface area contributed by atoms with Crippen LogP contribution in [0.4, 0.5) is 0 Å². The second-order valence-corrected chi connectivity index (χ2v) is 2.53. The van der Waals surface area contributed by atoms with Crippen molar-refractivity contribution in [2.45, 2.75) is 12.5 Å². The molecule has 2 N–H and O–H groups in total. The van der Waals surface area contributed by atoms with Crippen molar-refractivity contribution in [3.63, 3.8) is 0 Å². The van der Waals surface area contributed by atoms with Crippen molar-refractivity contribution < 1.29 is 0 Å². The summed E-state index contributed by atoms with van der Waals surface area (Å²) in [7, 11) is 0. The molecule has 0 spiro atoms. The fraction of sp³-hybridized carbons (Fsp3) is 0.800. The number of rotatable bonds is 3. The Labute approximate surface area is 49.7 Å². The molecule has 0 aliphatic rings. The molecule has 0 unspecified atom stereocenters. The SMILES string of the molecule is [CH2][C@H](N)CCSC. The highest BCUT2D eigenvalue weighted by Crippen LogP contribution is 1.96. The molecule has 0 fully saturated rings. The van der Waals surface area contributed by atoms with Crippen LogP contribution in [0.1, 0.15) is 6.42 Å². The lowest BCUT2D eigenvalue weighted by Gasteiger charge is -1.99. The van der Waals surface area contributed by atoms with Crippen molar-refractivity contribution in [2.24, 2.45) is 5.73 Å². The fourth-order valence-electron chi connectivity index (χ4n) is 0.269. The van der Waals surface area contributed by atoms with Gasteiger partial charge in [-0.3, -0.25) is 0 Å². The first kappa shape index (κ1) is 7.31. The molecule has 0 aromatic carbocycles. The van der Waals surface area contributed by atoms with Crippen LogP contribution in [0, 0.1) is 6.92 Å². The van der Waals surface area contributed by atoms with E-state index in [0.29, 0.717) is 0 Å². The maximum absolute atomic E-state index is 5.35. The van der Waals surface area contributed by atoms with Crippen molar-refractivity contribution in [1.29, 1.82) is 0 Å². The predicted molar refractivity (Wildman–Crippen MR) is 36.3 cm³/mol. The highest BCUT2D eigenvalue weighted by molar-refractivity contribution is 7.98. The lowest BCUT2D eigenvalue weighted by atomic mass is 10.3. The Balaban J connectivity index is 2.68. The van der Waals surface area contributed by atoms with Gasteiger partial charge in [-0.05, 0) is 25.4 Å². The van der Waals surface area contributed by atoms with Gasteiger partial charge in [-0.2, -0.15) is 11.8 Å². The summed E-state index contributed by atoms with van der Waals surface area (Å²) in [5.41, 5.74) is 5.35. The van der Waals surface area contributed by atoms with Gasteiger partial charge in [-0.1, -0.05) is 0 Å². The van der Waals surface area contributed by atoms with E-state index in [-0.39, 0.29) is 6.04 Å². The van der Waals surface area contributed by atoms with Gasteiger partial charge in [0, 0.05) is 6.04 Å². The van der Waals surface area contributed by atoms with Gasteiger partial charge in [-0.25, -0.2) is 0 Å². The monoisotopic (exact) mass is 118 g/mol. The van der Waals surface area contributed by atoms with E-state index in [1.54, 1.807) is 0 Å². The Kier molecular flexibility index (Phi) is 4.67. The van der Waals surface area contributed by atoms with Crippen LogP contribution >= 0.6 is 11.8 Å². The minimum Gasteiger partial charge on any atom is -0.328 e. The number of thioether (sulfide) groups is 1. The summed E-state index contributed by atoms with van der Waals surface area (Å²) >= 11 is 1.81. The summed E-state index contributed by atoms with van der Waals surface area (Å²) in [6, 6.07) is 0.132. The molecule has 0 rings (SSSR count). The van der Waals surface area contributed by atoms with Crippen LogP contribution in [-0.2, 0) is 0 Å². The summed E-state index contributed by atoms with van der Waals surface area (Å²) in [4.78, 5) is 0. The molecular formula is C5H12NS. The predicted octanol–water partition coefficient (Wildman–Crippen LogP) is 0.901. The molecule has 2 heteroatoms.